The normalized spacial score (nSPS) is 19.8. The topological polar surface area (TPSA) is 95.7 Å². The van der Waals surface area contributed by atoms with E-state index in [-0.39, 0.29) is 4.88 Å². The lowest BCUT2D eigenvalue weighted by atomic mass is 10.3. The summed E-state index contributed by atoms with van der Waals surface area (Å²) < 4.78 is 45.1. The van der Waals surface area contributed by atoms with E-state index in [0.717, 1.165) is 5.38 Å². The lowest BCUT2D eigenvalue weighted by molar-refractivity contribution is -0.184. The van der Waals surface area contributed by atoms with Crippen molar-refractivity contribution in [2.45, 2.75) is 17.6 Å². The average Bonchev–Trinajstić information content (AvgIpc) is 2.52. The average molecular weight is 281 g/mol. The maximum Gasteiger partial charge on any atom is 0.352 e. The first-order chi connectivity index (χ1) is 7.89. The van der Waals surface area contributed by atoms with Crippen molar-refractivity contribution in [1.29, 1.82) is 0 Å². The van der Waals surface area contributed by atoms with Crippen molar-refractivity contribution < 1.29 is 27.1 Å². The van der Waals surface area contributed by atoms with Gasteiger partial charge in [-0.1, -0.05) is 0 Å². The molecule has 1 fully saturated rings. The predicted octanol–water partition coefficient (Wildman–Crippen LogP) is 0.438. The third-order valence-corrected chi connectivity index (χ3v) is 4.10. The number of thiophene rings is 1. The Morgan fingerprint density at radius 1 is 1.65 bits per heavy atom. The second-order valence-corrected chi connectivity index (χ2v) is 5.66. The second kappa shape index (κ2) is 4.33. The van der Waals surface area contributed by atoms with Crippen molar-refractivity contribution in [1.82, 2.24) is 0 Å². The second-order valence-electron chi connectivity index (χ2n) is 3.28. The Kier molecular flexibility index (Phi) is 3.17. The summed E-state index contributed by atoms with van der Waals surface area (Å²) in [6, 6.07) is 0. The predicted molar refractivity (Wildman–Crippen MR) is 55.4 cm³/mol. The summed E-state index contributed by atoms with van der Waals surface area (Å²) in [6.07, 6.45) is -0.161. The summed E-state index contributed by atoms with van der Waals surface area (Å²) in [5, 5.41) is 5.70. The number of ether oxygens (including phenoxy) is 2. The van der Waals surface area contributed by atoms with Gasteiger partial charge in [-0.25, -0.2) is 22.7 Å². The summed E-state index contributed by atoms with van der Waals surface area (Å²) in [4.78, 5) is 10.3. The van der Waals surface area contributed by atoms with Crippen molar-refractivity contribution in [2.75, 3.05) is 6.61 Å². The maximum absolute atomic E-state index is 13.2. The molecule has 2 N–H and O–H groups in total. The molecule has 1 aromatic heterocycles. The first-order valence-electron chi connectivity index (χ1n) is 4.52. The van der Waals surface area contributed by atoms with Crippen LogP contribution in [-0.4, -0.2) is 27.3 Å². The zero-order valence-electron chi connectivity index (χ0n) is 8.38. The van der Waals surface area contributed by atoms with Crippen molar-refractivity contribution in [3.63, 3.8) is 0 Å². The molecule has 1 saturated heterocycles. The number of hydrogen-bond donors (Lipinski definition) is 1. The van der Waals surface area contributed by atoms with Crippen molar-refractivity contribution in [3.05, 3.63) is 16.1 Å². The number of esters is 1. The van der Waals surface area contributed by atoms with Gasteiger partial charge in [-0.05, 0) is 0 Å². The molecule has 0 saturated carbocycles. The maximum atomic E-state index is 13.2. The molecule has 1 unspecified atom stereocenters. The Balaban J connectivity index is 2.29. The van der Waals surface area contributed by atoms with E-state index in [0.29, 0.717) is 24.4 Å². The van der Waals surface area contributed by atoms with Crippen LogP contribution in [0.4, 0.5) is 4.39 Å². The fourth-order valence-corrected chi connectivity index (χ4v) is 3.14. The molecule has 0 bridgehead atoms. The molecular weight excluding hydrogens is 273 g/mol. The van der Waals surface area contributed by atoms with Gasteiger partial charge in [-0.15, -0.1) is 11.3 Å². The monoisotopic (exact) mass is 281 g/mol. The highest BCUT2D eigenvalue weighted by atomic mass is 32.2. The van der Waals surface area contributed by atoms with Gasteiger partial charge in [0.15, 0.2) is 5.82 Å². The van der Waals surface area contributed by atoms with Crippen molar-refractivity contribution in [3.8, 4) is 0 Å². The molecule has 94 valence electrons. The molecule has 1 atom stereocenters. The van der Waals surface area contributed by atoms with Crippen LogP contribution >= 0.6 is 11.3 Å². The minimum absolute atomic E-state index is 0.375. The molecule has 0 aliphatic carbocycles. The van der Waals surface area contributed by atoms with Crippen LogP contribution in [0.2, 0.25) is 0 Å². The van der Waals surface area contributed by atoms with E-state index in [2.05, 4.69) is 0 Å². The summed E-state index contributed by atoms with van der Waals surface area (Å²) >= 11 is 0.623. The molecule has 0 spiro atoms. The third-order valence-electron chi connectivity index (χ3n) is 2.07. The molecule has 9 heteroatoms. The quantitative estimate of drug-likeness (QED) is 0.811. The van der Waals surface area contributed by atoms with E-state index < -0.39 is 33.0 Å². The Hall–Kier alpha value is -1.03. The van der Waals surface area contributed by atoms with Crippen LogP contribution in [0, 0.1) is 5.82 Å². The van der Waals surface area contributed by atoms with E-state index in [4.69, 9.17) is 14.6 Å². The number of carbonyl (C=O) groups excluding carboxylic acids is 1. The molecular formula is C8H8FNO5S2. The van der Waals surface area contributed by atoms with E-state index in [1.807, 2.05) is 0 Å². The van der Waals surface area contributed by atoms with Crippen molar-refractivity contribution >= 4 is 27.3 Å². The van der Waals surface area contributed by atoms with Crippen LogP contribution in [0.5, 0.6) is 0 Å². The Morgan fingerprint density at radius 3 is 2.76 bits per heavy atom. The summed E-state index contributed by atoms with van der Waals surface area (Å²) in [5.74, 6) is -2.01. The number of rotatable bonds is 3. The SMILES string of the molecule is NS(=O)(=O)c1c(F)csc1C(=O)OC1CCO1. The fraction of sp³-hybridized carbons (Fsp3) is 0.375. The van der Waals surface area contributed by atoms with Gasteiger partial charge in [0, 0.05) is 11.8 Å². The third kappa shape index (κ3) is 2.46. The Labute approximate surface area is 100 Å². The molecule has 0 aromatic carbocycles. The van der Waals surface area contributed by atoms with Crippen molar-refractivity contribution in [2.24, 2.45) is 5.14 Å². The highest BCUT2D eigenvalue weighted by Crippen LogP contribution is 2.27. The van der Waals surface area contributed by atoms with Gasteiger partial charge < -0.3 is 9.47 Å². The van der Waals surface area contributed by atoms with Gasteiger partial charge in [-0.2, -0.15) is 0 Å². The smallest absolute Gasteiger partial charge is 0.352 e. The summed E-state index contributed by atoms with van der Waals surface area (Å²) in [6.45, 7) is 0.471. The molecule has 0 amide bonds. The molecule has 1 aliphatic rings. The number of primary sulfonamides is 1. The lowest BCUT2D eigenvalue weighted by Crippen LogP contribution is -2.32. The number of hydrogen-bond acceptors (Lipinski definition) is 6. The number of nitrogens with two attached hydrogens (primary N) is 1. The zero-order valence-corrected chi connectivity index (χ0v) is 10.0. The van der Waals surface area contributed by atoms with E-state index >= 15 is 0 Å². The highest BCUT2D eigenvalue weighted by Gasteiger charge is 2.30. The molecule has 6 nitrogen and oxygen atoms in total. The lowest BCUT2D eigenvalue weighted by Gasteiger charge is -2.25. The van der Waals surface area contributed by atoms with E-state index in [1.165, 1.54) is 0 Å². The molecule has 17 heavy (non-hydrogen) atoms. The van der Waals surface area contributed by atoms with Crippen LogP contribution in [0.1, 0.15) is 16.1 Å². The summed E-state index contributed by atoms with van der Waals surface area (Å²) in [5.41, 5.74) is 0. The molecule has 2 rings (SSSR count). The van der Waals surface area contributed by atoms with Gasteiger partial charge in [0.1, 0.15) is 9.77 Å². The van der Waals surface area contributed by atoms with E-state index in [1.54, 1.807) is 0 Å². The Bertz CT molecular complexity index is 548. The van der Waals surface area contributed by atoms with Gasteiger partial charge in [0.25, 0.3) is 0 Å². The van der Waals surface area contributed by atoms with Gasteiger partial charge in [0.2, 0.25) is 16.3 Å². The van der Waals surface area contributed by atoms with E-state index in [9.17, 15) is 17.6 Å². The Morgan fingerprint density at radius 2 is 2.29 bits per heavy atom. The molecule has 1 aliphatic heterocycles. The number of carbonyl (C=O) groups is 1. The number of halogens is 1. The van der Waals surface area contributed by atoms with Crippen LogP contribution in [0.25, 0.3) is 0 Å². The first kappa shape index (κ1) is 12.4. The van der Waals surface area contributed by atoms with Gasteiger partial charge >= 0.3 is 5.97 Å². The zero-order chi connectivity index (χ0) is 12.6. The minimum atomic E-state index is -4.30. The van der Waals surface area contributed by atoms with Crippen LogP contribution in [-0.2, 0) is 19.5 Å². The number of sulfonamides is 1. The largest absolute Gasteiger partial charge is 0.431 e. The first-order valence-corrected chi connectivity index (χ1v) is 6.94. The van der Waals surface area contributed by atoms with Gasteiger partial charge in [-0.3, -0.25) is 0 Å². The molecule has 1 aromatic rings. The van der Waals surface area contributed by atoms with Gasteiger partial charge in [0.05, 0.1) is 6.61 Å². The van der Waals surface area contributed by atoms with Crippen LogP contribution < -0.4 is 5.14 Å². The van der Waals surface area contributed by atoms with Crippen LogP contribution in [0.3, 0.4) is 0 Å². The highest BCUT2D eigenvalue weighted by molar-refractivity contribution is 7.89. The van der Waals surface area contributed by atoms with Crippen LogP contribution in [0.15, 0.2) is 10.3 Å². The minimum Gasteiger partial charge on any atom is -0.431 e. The fourth-order valence-electron chi connectivity index (χ4n) is 1.21. The molecule has 0 radical (unpaired) electrons. The standard InChI is InChI=1S/C8H8FNO5S2/c9-4-3-16-6(7(4)17(10,12)13)8(11)15-5-1-2-14-5/h3,5H,1-2H2,(H2,10,12,13). The summed E-state index contributed by atoms with van der Waals surface area (Å²) in [7, 11) is -4.30. The molecule has 2 heterocycles.